The summed E-state index contributed by atoms with van der Waals surface area (Å²) in [5.74, 6) is -1.85. The predicted octanol–water partition coefficient (Wildman–Crippen LogP) is 4.04. The van der Waals surface area contributed by atoms with Crippen LogP contribution < -0.4 is 5.32 Å². The fourth-order valence-corrected chi connectivity index (χ4v) is 6.12. The van der Waals surface area contributed by atoms with E-state index in [-0.39, 0.29) is 35.4 Å². The standard InChI is InChI=1S/C29H30ClN3O5S/c1-3-20(2)31-28(35)25(17-21-11-5-4-6-12-21)32(18-22-13-7-9-15-24(22)30)27(34)19-33-29(36)23-14-8-10-16-26(23)39(33,37)38/h4-16,20,25H,3,17-19H2,1-2H3,(H,31,35). The van der Waals surface area contributed by atoms with Crippen LogP contribution in [0.3, 0.4) is 0 Å². The second-order valence-electron chi connectivity index (χ2n) is 9.45. The van der Waals surface area contributed by atoms with Gasteiger partial charge in [0.2, 0.25) is 11.8 Å². The first-order chi connectivity index (χ1) is 18.6. The summed E-state index contributed by atoms with van der Waals surface area (Å²) in [5.41, 5.74) is 1.41. The number of hydrogen-bond donors (Lipinski definition) is 1. The predicted molar refractivity (Wildman–Crippen MR) is 148 cm³/mol. The van der Waals surface area contributed by atoms with Crippen LogP contribution in [0.15, 0.2) is 83.8 Å². The molecule has 0 radical (unpaired) electrons. The second-order valence-corrected chi connectivity index (χ2v) is 11.7. The van der Waals surface area contributed by atoms with Crippen molar-refractivity contribution in [1.29, 1.82) is 0 Å². The highest BCUT2D eigenvalue weighted by Crippen LogP contribution is 2.30. The summed E-state index contributed by atoms with van der Waals surface area (Å²) in [6, 6.07) is 20.9. The summed E-state index contributed by atoms with van der Waals surface area (Å²) in [6.45, 7) is 3.00. The lowest BCUT2D eigenvalue weighted by Gasteiger charge is -2.33. The maximum absolute atomic E-state index is 13.9. The van der Waals surface area contributed by atoms with Gasteiger partial charge in [0.25, 0.3) is 15.9 Å². The topological polar surface area (TPSA) is 104 Å². The number of benzene rings is 3. The Balaban J connectivity index is 1.73. The summed E-state index contributed by atoms with van der Waals surface area (Å²) in [5, 5.41) is 3.35. The Hall–Kier alpha value is -3.69. The molecule has 0 bridgehead atoms. The van der Waals surface area contributed by atoms with E-state index >= 15 is 0 Å². The van der Waals surface area contributed by atoms with Gasteiger partial charge in [0, 0.05) is 24.0 Å². The smallest absolute Gasteiger partial charge is 0.269 e. The fourth-order valence-electron chi connectivity index (χ4n) is 4.41. The highest BCUT2D eigenvalue weighted by atomic mass is 35.5. The van der Waals surface area contributed by atoms with Crippen molar-refractivity contribution >= 4 is 39.3 Å². The van der Waals surface area contributed by atoms with E-state index in [0.29, 0.717) is 21.3 Å². The van der Waals surface area contributed by atoms with Crippen LogP contribution in [0.5, 0.6) is 0 Å². The number of halogens is 1. The molecule has 1 N–H and O–H groups in total. The molecule has 0 aromatic heterocycles. The van der Waals surface area contributed by atoms with Gasteiger partial charge in [0.1, 0.15) is 17.5 Å². The number of hydrogen-bond acceptors (Lipinski definition) is 5. The average Bonchev–Trinajstić information content (AvgIpc) is 3.12. The zero-order valence-electron chi connectivity index (χ0n) is 21.7. The highest BCUT2D eigenvalue weighted by molar-refractivity contribution is 7.90. The zero-order chi connectivity index (χ0) is 28.2. The molecule has 1 aliphatic heterocycles. The molecule has 39 heavy (non-hydrogen) atoms. The number of amides is 3. The molecule has 0 aliphatic carbocycles. The Morgan fingerprint density at radius 2 is 1.62 bits per heavy atom. The molecule has 0 fully saturated rings. The quantitative estimate of drug-likeness (QED) is 0.398. The fraction of sp³-hybridized carbons (Fsp3) is 0.276. The molecule has 0 spiro atoms. The maximum atomic E-state index is 13.9. The van der Waals surface area contributed by atoms with Crippen LogP contribution in [-0.4, -0.2) is 54.0 Å². The third-order valence-corrected chi connectivity index (χ3v) is 8.92. The van der Waals surface area contributed by atoms with E-state index in [4.69, 9.17) is 11.6 Å². The number of nitrogens with zero attached hydrogens (tertiary/aromatic N) is 2. The maximum Gasteiger partial charge on any atom is 0.269 e. The Morgan fingerprint density at radius 3 is 2.28 bits per heavy atom. The lowest BCUT2D eigenvalue weighted by atomic mass is 10.0. The van der Waals surface area contributed by atoms with Crippen LogP contribution in [0.4, 0.5) is 0 Å². The molecule has 3 aromatic rings. The first kappa shape index (κ1) is 28.3. The monoisotopic (exact) mass is 567 g/mol. The lowest BCUT2D eigenvalue weighted by molar-refractivity contribution is -0.141. The molecule has 3 aromatic carbocycles. The largest absolute Gasteiger partial charge is 0.352 e. The van der Waals surface area contributed by atoms with Crippen molar-refractivity contribution < 1.29 is 22.8 Å². The summed E-state index contributed by atoms with van der Waals surface area (Å²) < 4.78 is 26.9. The van der Waals surface area contributed by atoms with Gasteiger partial charge in [0.05, 0.1) is 5.56 Å². The van der Waals surface area contributed by atoms with E-state index in [1.807, 2.05) is 44.2 Å². The van der Waals surface area contributed by atoms with Crippen LogP contribution in [0.1, 0.15) is 41.8 Å². The van der Waals surface area contributed by atoms with E-state index in [1.165, 1.54) is 23.1 Å². The van der Waals surface area contributed by atoms with Crippen molar-refractivity contribution in [2.75, 3.05) is 6.54 Å². The van der Waals surface area contributed by atoms with Gasteiger partial charge in [-0.1, -0.05) is 79.2 Å². The SMILES string of the molecule is CCC(C)NC(=O)C(Cc1ccccc1)N(Cc1ccccc1Cl)C(=O)CN1C(=O)c2ccccc2S1(=O)=O. The molecule has 2 unspecified atom stereocenters. The van der Waals surface area contributed by atoms with Crippen LogP contribution in [0.2, 0.25) is 5.02 Å². The number of rotatable bonds is 10. The van der Waals surface area contributed by atoms with Gasteiger partial charge in [-0.05, 0) is 42.7 Å². The Morgan fingerprint density at radius 1 is 0.974 bits per heavy atom. The summed E-state index contributed by atoms with van der Waals surface area (Å²) in [4.78, 5) is 41.8. The van der Waals surface area contributed by atoms with Crippen LogP contribution in [0.25, 0.3) is 0 Å². The molecule has 1 heterocycles. The van der Waals surface area contributed by atoms with Crippen molar-refractivity contribution in [3.8, 4) is 0 Å². The van der Waals surface area contributed by atoms with E-state index in [0.717, 1.165) is 5.56 Å². The van der Waals surface area contributed by atoms with Crippen molar-refractivity contribution in [2.24, 2.45) is 0 Å². The van der Waals surface area contributed by atoms with Gasteiger partial charge in [-0.25, -0.2) is 12.7 Å². The lowest BCUT2D eigenvalue weighted by Crippen LogP contribution is -2.54. The van der Waals surface area contributed by atoms with Crippen molar-refractivity contribution in [3.63, 3.8) is 0 Å². The molecular formula is C29H30ClN3O5S. The van der Waals surface area contributed by atoms with Gasteiger partial charge in [-0.3, -0.25) is 14.4 Å². The normalized spacial score (nSPS) is 15.4. The van der Waals surface area contributed by atoms with Crippen molar-refractivity contribution in [1.82, 2.24) is 14.5 Å². The molecule has 2 atom stereocenters. The Bertz CT molecular complexity index is 1480. The van der Waals surface area contributed by atoms with Gasteiger partial charge < -0.3 is 10.2 Å². The van der Waals surface area contributed by atoms with Crippen molar-refractivity contribution in [2.45, 2.75) is 50.2 Å². The first-order valence-corrected chi connectivity index (χ1v) is 14.5. The molecule has 4 rings (SSSR count). The van der Waals surface area contributed by atoms with E-state index in [9.17, 15) is 22.8 Å². The van der Waals surface area contributed by atoms with Crippen LogP contribution in [-0.2, 0) is 32.6 Å². The number of nitrogens with one attached hydrogen (secondary N) is 1. The van der Waals surface area contributed by atoms with Crippen LogP contribution >= 0.6 is 11.6 Å². The Labute approximate surface area is 233 Å². The number of carbonyl (C=O) groups excluding carboxylic acids is 3. The van der Waals surface area contributed by atoms with E-state index < -0.39 is 34.4 Å². The third-order valence-electron chi connectivity index (χ3n) is 6.76. The van der Waals surface area contributed by atoms with Gasteiger partial charge >= 0.3 is 0 Å². The van der Waals surface area contributed by atoms with Crippen LogP contribution in [0, 0.1) is 0 Å². The molecule has 0 saturated carbocycles. The number of carbonyl (C=O) groups is 3. The van der Waals surface area contributed by atoms with E-state index in [2.05, 4.69) is 5.32 Å². The number of fused-ring (bicyclic) bond motifs is 1. The summed E-state index contributed by atoms with van der Waals surface area (Å²) in [6.07, 6.45) is 0.862. The third kappa shape index (κ3) is 6.15. The first-order valence-electron chi connectivity index (χ1n) is 12.7. The zero-order valence-corrected chi connectivity index (χ0v) is 23.3. The molecule has 204 valence electrons. The molecule has 3 amide bonds. The minimum Gasteiger partial charge on any atom is -0.352 e. The average molecular weight is 568 g/mol. The minimum atomic E-state index is -4.22. The number of sulfonamides is 1. The highest BCUT2D eigenvalue weighted by Gasteiger charge is 2.43. The summed E-state index contributed by atoms with van der Waals surface area (Å²) >= 11 is 6.42. The minimum absolute atomic E-state index is 0.0123. The Kier molecular flexibility index (Phi) is 8.72. The molecule has 0 saturated heterocycles. The van der Waals surface area contributed by atoms with E-state index in [1.54, 1.807) is 30.3 Å². The summed E-state index contributed by atoms with van der Waals surface area (Å²) in [7, 11) is -4.22. The molecular weight excluding hydrogens is 538 g/mol. The molecule has 1 aliphatic rings. The molecule has 8 nitrogen and oxygen atoms in total. The second kappa shape index (κ2) is 12.0. The van der Waals surface area contributed by atoms with Crippen molar-refractivity contribution in [3.05, 3.63) is 101 Å². The molecule has 10 heteroatoms. The van der Waals surface area contributed by atoms with Gasteiger partial charge in [-0.15, -0.1) is 0 Å². The van der Waals surface area contributed by atoms with Gasteiger partial charge in [0.15, 0.2) is 0 Å². The van der Waals surface area contributed by atoms with Gasteiger partial charge in [-0.2, -0.15) is 0 Å².